The van der Waals surface area contributed by atoms with Crippen molar-refractivity contribution in [2.45, 2.75) is 12.2 Å². The molecule has 2 atom stereocenters. The van der Waals surface area contributed by atoms with Crippen LogP contribution in [-0.4, -0.2) is 40.8 Å². The van der Waals surface area contributed by atoms with Crippen molar-refractivity contribution in [3.63, 3.8) is 0 Å². The van der Waals surface area contributed by atoms with Gasteiger partial charge >= 0.3 is 6.18 Å². The zero-order chi connectivity index (χ0) is 18.3. The number of nitrogens with one attached hydrogen (secondary N) is 2. The number of anilines is 3. The molecule has 1 fully saturated rings. The summed E-state index contributed by atoms with van der Waals surface area (Å²) in [5.74, 6) is -0.133. The quantitative estimate of drug-likeness (QED) is 0.672. The molecule has 0 aromatic carbocycles. The van der Waals surface area contributed by atoms with E-state index in [4.69, 9.17) is 21.1 Å². The Kier molecular flexibility index (Phi) is 4.23. The Morgan fingerprint density at radius 1 is 1.19 bits per heavy atom. The summed E-state index contributed by atoms with van der Waals surface area (Å²) >= 11 is 6.10. The monoisotopic (exact) mass is 387 g/mol. The van der Waals surface area contributed by atoms with Crippen molar-refractivity contribution in [3.05, 3.63) is 29.2 Å². The van der Waals surface area contributed by atoms with Crippen LogP contribution < -0.4 is 15.4 Å². The molecule has 2 aromatic rings. The van der Waals surface area contributed by atoms with E-state index in [1.165, 1.54) is 6.20 Å². The van der Waals surface area contributed by atoms with E-state index < -0.39 is 11.7 Å². The normalized spacial score (nSPS) is 22.2. The lowest BCUT2D eigenvalue weighted by Gasteiger charge is -2.21. The van der Waals surface area contributed by atoms with Crippen LogP contribution in [0.25, 0.3) is 0 Å². The molecule has 2 aromatic heterocycles. The molecule has 2 aliphatic rings. The number of ether oxygens (including phenoxy) is 2. The number of halogens is 4. The zero-order valence-electron chi connectivity index (χ0n) is 13.2. The summed E-state index contributed by atoms with van der Waals surface area (Å²) in [5, 5.41) is 5.72. The molecule has 4 rings (SSSR count). The van der Waals surface area contributed by atoms with Crippen LogP contribution in [0.4, 0.5) is 30.6 Å². The minimum atomic E-state index is -4.59. The third-order valence-corrected chi connectivity index (χ3v) is 4.46. The summed E-state index contributed by atoms with van der Waals surface area (Å²) in [6, 6.07) is 1.23. The molecule has 7 nitrogen and oxygen atoms in total. The van der Waals surface area contributed by atoms with Gasteiger partial charge in [-0.3, -0.25) is 0 Å². The lowest BCUT2D eigenvalue weighted by Crippen LogP contribution is -2.33. The van der Waals surface area contributed by atoms with E-state index in [2.05, 4.69) is 25.6 Å². The lowest BCUT2D eigenvalue weighted by molar-refractivity contribution is -0.137. The van der Waals surface area contributed by atoms with Gasteiger partial charge in [-0.1, -0.05) is 11.6 Å². The molecule has 0 amide bonds. The third kappa shape index (κ3) is 3.21. The van der Waals surface area contributed by atoms with Gasteiger partial charge in [-0.05, 0) is 0 Å². The van der Waals surface area contributed by atoms with E-state index in [0.29, 0.717) is 12.4 Å². The maximum absolute atomic E-state index is 13.3. The van der Waals surface area contributed by atoms with Crippen molar-refractivity contribution < 1.29 is 22.6 Å². The Labute approximate surface area is 150 Å². The van der Waals surface area contributed by atoms with E-state index >= 15 is 0 Å². The van der Waals surface area contributed by atoms with Crippen LogP contribution in [0.2, 0.25) is 5.15 Å². The van der Waals surface area contributed by atoms with Gasteiger partial charge in [0.15, 0.2) is 5.15 Å². The molecule has 1 saturated heterocycles. The number of alkyl halides is 3. The van der Waals surface area contributed by atoms with Crippen molar-refractivity contribution in [2.75, 3.05) is 30.5 Å². The highest BCUT2D eigenvalue weighted by Gasteiger charge is 2.38. The molecule has 11 heteroatoms. The largest absolute Gasteiger partial charge is 0.491 e. The standard InChI is InChI=1S/C15H13ClF3N5O2/c16-12-11-10(1-2-20-12)26-5-7-4-25-6-9(7)22-13-8(15(17,18)19)3-21-14(23-11)24-13/h1-3,7,9H,4-6H2,(H2,21,22,23,24)/t7-,9+/m0/s1. The van der Waals surface area contributed by atoms with E-state index in [-0.39, 0.29) is 47.8 Å². The van der Waals surface area contributed by atoms with E-state index in [9.17, 15) is 13.2 Å². The van der Waals surface area contributed by atoms with Crippen molar-refractivity contribution in [3.8, 4) is 5.75 Å². The van der Waals surface area contributed by atoms with Crippen molar-refractivity contribution in [1.29, 1.82) is 0 Å². The fourth-order valence-electron chi connectivity index (χ4n) is 2.82. The van der Waals surface area contributed by atoms with E-state index in [0.717, 1.165) is 6.20 Å². The number of aromatic nitrogens is 3. The summed E-state index contributed by atoms with van der Waals surface area (Å²) in [5.41, 5.74) is -0.663. The maximum atomic E-state index is 13.3. The second-order valence-corrected chi connectivity index (χ2v) is 6.27. The Hall–Kier alpha value is -2.33. The van der Waals surface area contributed by atoms with Gasteiger partial charge in [-0.2, -0.15) is 18.2 Å². The van der Waals surface area contributed by atoms with Gasteiger partial charge in [-0.15, -0.1) is 0 Å². The fraction of sp³-hybridized carbons (Fsp3) is 0.400. The first-order chi connectivity index (χ1) is 12.4. The van der Waals surface area contributed by atoms with Crippen LogP contribution in [0.3, 0.4) is 0 Å². The summed E-state index contributed by atoms with van der Waals surface area (Å²) in [6.45, 7) is 0.845. The molecular weight excluding hydrogens is 375 g/mol. The molecule has 0 spiro atoms. The van der Waals surface area contributed by atoms with Gasteiger partial charge < -0.3 is 20.1 Å². The van der Waals surface area contributed by atoms with E-state index in [1.54, 1.807) is 6.07 Å². The number of pyridine rings is 1. The third-order valence-electron chi connectivity index (χ3n) is 4.17. The molecule has 0 saturated carbocycles. The molecule has 2 N–H and O–H groups in total. The maximum Gasteiger partial charge on any atom is 0.421 e. The van der Waals surface area contributed by atoms with Crippen LogP contribution in [-0.2, 0) is 10.9 Å². The van der Waals surface area contributed by atoms with Crippen LogP contribution in [0.1, 0.15) is 5.56 Å². The number of nitrogens with zero attached hydrogens (tertiary/aromatic N) is 3. The Bertz CT molecular complexity index is 835. The van der Waals surface area contributed by atoms with E-state index in [1.807, 2.05) is 0 Å². The predicted molar refractivity (Wildman–Crippen MR) is 86.8 cm³/mol. The molecule has 0 aliphatic carbocycles. The van der Waals surface area contributed by atoms with Crippen LogP contribution in [0, 0.1) is 5.92 Å². The molecule has 26 heavy (non-hydrogen) atoms. The van der Waals surface area contributed by atoms with Crippen molar-refractivity contribution in [1.82, 2.24) is 15.0 Å². The minimum Gasteiger partial charge on any atom is -0.491 e. The zero-order valence-corrected chi connectivity index (χ0v) is 13.9. The van der Waals surface area contributed by atoms with Crippen LogP contribution in [0.5, 0.6) is 5.75 Å². The SMILES string of the molecule is FC(F)(F)c1cnc2nc1N[C@@H]1COC[C@H]1COc1ccnc(Cl)c1N2. The average Bonchev–Trinajstić information content (AvgIpc) is 3.00. The highest BCUT2D eigenvalue weighted by atomic mass is 35.5. The molecule has 2 aliphatic heterocycles. The number of hydrogen-bond donors (Lipinski definition) is 2. The Morgan fingerprint density at radius 3 is 2.85 bits per heavy atom. The molecule has 4 heterocycles. The highest BCUT2D eigenvalue weighted by Crippen LogP contribution is 2.38. The minimum absolute atomic E-state index is 0.0578. The van der Waals surface area contributed by atoms with Gasteiger partial charge in [0.2, 0.25) is 5.95 Å². The van der Waals surface area contributed by atoms with Crippen LogP contribution >= 0.6 is 11.6 Å². The smallest absolute Gasteiger partial charge is 0.421 e. The number of rotatable bonds is 0. The number of hydrogen-bond acceptors (Lipinski definition) is 7. The topological polar surface area (TPSA) is 81.2 Å². The first-order valence-corrected chi connectivity index (χ1v) is 8.12. The van der Waals surface area contributed by atoms with Gasteiger partial charge in [0.1, 0.15) is 22.8 Å². The lowest BCUT2D eigenvalue weighted by atomic mass is 10.0. The predicted octanol–water partition coefficient (Wildman–Crippen LogP) is 3.11. The first kappa shape index (κ1) is 17.1. The van der Waals surface area contributed by atoms with Crippen LogP contribution in [0.15, 0.2) is 18.5 Å². The highest BCUT2D eigenvalue weighted by molar-refractivity contribution is 6.32. The van der Waals surface area contributed by atoms with Crippen molar-refractivity contribution in [2.24, 2.45) is 5.92 Å². The summed E-state index contributed by atoms with van der Waals surface area (Å²) in [6.07, 6.45) is -2.39. The molecule has 0 radical (unpaired) electrons. The summed E-state index contributed by atoms with van der Waals surface area (Å²) in [7, 11) is 0. The molecular formula is C15H13ClF3N5O2. The summed E-state index contributed by atoms with van der Waals surface area (Å²) < 4.78 is 51.1. The second kappa shape index (κ2) is 6.44. The molecule has 0 unspecified atom stereocenters. The van der Waals surface area contributed by atoms with Gasteiger partial charge in [0, 0.05) is 24.4 Å². The van der Waals surface area contributed by atoms with Gasteiger partial charge in [-0.25, -0.2) is 9.97 Å². The van der Waals surface area contributed by atoms with Gasteiger partial charge in [0.25, 0.3) is 0 Å². The molecule has 2 bridgehead atoms. The Morgan fingerprint density at radius 2 is 2.04 bits per heavy atom. The molecule has 138 valence electrons. The van der Waals surface area contributed by atoms with Gasteiger partial charge in [0.05, 0.1) is 25.9 Å². The first-order valence-electron chi connectivity index (χ1n) is 7.74. The number of fused-ring (bicyclic) bond motifs is 4. The fourth-order valence-corrected chi connectivity index (χ4v) is 3.02. The second-order valence-electron chi connectivity index (χ2n) is 5.91. The average molecular weight is 388 g/mol. The van der Waals surface area contributed by atoms with Crippen molar-refractivity contribution >= 4 is 29.1 Å². The summed E-state index contributed by atoms with van der Waals surface area (Å²) in [4.78, 5) is 11.7. The Balaban J connectivity index is 1.82.